The highest BCUT2D eigenvalue weighted by Gasteiger charge is 2.33. The highest BCUT2D eigenvalue weighted by Crippen LogP contribution is 2.35. The van der Waals surface area contributed by atoms with Crippen LogP contribution in [0, 0.1) is 6.92 Å². The number of halogens is 3. The number of nitrogens with zero attached hydrogens (tertiary/aromatic N) is 1. The maximum absolute atomic E-state index is 13.7. The van der Waals surface area contributed by atoms with E-state index in [-0.39, 0.29) is 22.1 Å². The highest BCUT2D eigenvalue weighted by molar-refractivity contribution is 7.92. The zero-order chi connectivity index (χ0) is 27.4. The number of aryl methyl sites for hydroxylation is 1. The van der Waals surface area contributed by atoms with Crippen molar-refractivity contribution in [1.82, 2.24) is 5.32 Å². The Balaban J connectivity index is 2.01. The van der Waals surface area contributed by atoms with Crippen LogP contribution in [-0.2, 0) is 21.0 Å². The van der Waals surface area contributed by atoms with Gasteiger partial charge in [-0.1, -0.05) is 35.9 Å². The van der Waals surface area contributed by atoms with Gasteiger partial charge < -0.3 is 14.8 Å². The lowest BCUT2D eigenvalue weighted by molar-refractivity contribution is -0.137. The van der Waals surface area contributed by atoms with Crippen molar-refractivity contribution in [2.24, 2.45) is 0 Å². The minimum atomic E-state index is -4.71. The monoisotopic (exact) mass is 536 g/mol. The van der Waals surface area contributed by atoms with Gasteiger partial charge in [-0.3, -0.25) is 9.10 Å². The number of alkyl halides is 3. The zero-order valence-electron chi connectivity index (χ0n) is 20.7. The van der Waals surface area contributed by atoms with Crippen molar-refractivity contribution < 1.29 is 35.9 Å². The van der Waals surface area contributed by atoms with Crippen LogP contribution in [0.4, 0.5) is 18.9 Å². The first-order chi connectivity index (χ1) is 17.4. The van der Waals surface area contributed by atoms with E-state index in [0.717, 1.165) is 23.3 Å². The highest BCUT2D eigenvalue weighted by atomic mass is 32.2. The SMILES string of the molecule is COc1ccc(S(=O)(=O)N(CC(=O)NC(C)c2ccc(C)cc2)c2cccc(C(F)(F)F)c2)cc1OC. The summed E-state index contributed by atoms with van der Waals surface area (Å²) in [6.45, 7) is 2.88. The van der Waals surface area contributed by atoms with Gasteiger partial charge in [0.1, 0.15) is 6.54 Å². The molecule has 3 aromatic carbocycles. The van der Waals surface area contributed by atoms with Gasteiger partial charge in [0, 0.05) is 6.07 Å². The summed E-state index contributed by atoms with van der Waals surface area (Å²) in [6, 6.07) is 14.5. The van der Waals surface area contributed by atoms with Gasteiger partial charge in [0.2, 0.25) is 5.91 Å². The predicted molar refractivity (Wildman–Crippen MR) is 133 cm³/mol. The number of anilines is 1. The van der Waals surface area contributed by atoms with Crippen LogP contribution < -0.4 is 19.1 Å². The van der Waals surface area contributed by atoms with Gasteiger partial charge in [-0.2, -0.15) is 13.2 Å². The van der Waals surface area contributed by atoms with Crippen LogP contribution >= 0.6 is 0 Å². The summed E-state index contributed by atoms with van der Waals surface area (Å²) < 4.78 is 78.5. The first kappa shape index (κ1) is 27.9. The Kier molecular flexibility index (Phi) is 8.37. The van der Waals surface area contributed by atoms with Gasteiger partial charge in [-0.15, -0.1) is 0 Å². The Bertz CT molecular complexity index is 1360. The molecule has 0 radical (unpaired) electrons. The first-order valence-corrected chi connectivity index (χ1v) is 12.6. The van der Waals surface area contributed by atoms with Crippen molar-refractivity contribution in [2.45, 2.75) is 31.0 Å². The summed E-state index contributed by atoms with van der Waals surface area (Å²) in [4.78, 5) is 12.7. The molecule has 0 aliphatic carbocycles. The molecule has 0 aliphatic rings. The lowest BCUT2D eigenvalue weighted by atomic mass is 10.1. The van der Waals surface area contributed by atoms with Gasteiger partial charge in [-0.25, -0.2) is 8.42 Å². The van der Waals surface area contributed by atoms with Crippen LogP contribution in [0.5, 0.6) is 11.5 Å². The minimum Gasteiger partial charge on any atom is -0.493 e. The molecule has 0 saturated heterocycles. The van der Waals surface area contributed by atoms with E-state index >= 15 is 0 Å². The molecule has 198 valence electrons. The molecule has 1 amide bonds. The number of ether oxygens (including phenoxy) is 2. The Hall–Kier alpha value is -3.73. The van der Waals surface area contributed by atoms with Gasteiger partial charge in [0.05, 0.1) is 36.4 Å². The van der Waals surface area contributed by atoms with Crippen molar-refractivity contribution in [3.8, 4) is 11.5 Å². The summed E-state index contributed by atoms with van der Waals surface area (Å²) in [6.07, 6.45) is -4.71. The predicted octanol–water partition coefficient (Wildman–Crippen LogP) is 5.10. The molecule has 0 saturated carbocycles. The van der Waals surface area contributed by atoms with Crippen LogP contribution in [0.3, 0.4) is 0 Å². The molecule has 1 atom stereocenters. The van der Waals surface area contributed by atoms with Crippen LogP contribution in [0.25, 0.3) is 0 Å². The molecular weight excluding hydrogens is 509 g/mol. The Morgan fingerprint density at radius 1 is 0.973 bits per heavy atom. The lowest BCUT2D eigenvalue weighted by Gasteiger charge is -2.26. The average Bonchev–Trinajstić information content (AvgIpc) is 2.86. The Morgan fingerprint density at radius 2 is 1.62 bits per heavy atom. The van der Waals surface area contributed by atoms with E-state index in [9.17, 15) is 26.4 Å². The number of methoxy groups -OCH3 is 2. The molecule has 37 heavy (non-hydrogen) atoms. The summed E-state index contributed by atoms with van der Waals surface area (Å²) >= 11 is 0. The fourth-order valence-corrected chi connectivity index (χ4v) is 5.04. The standard InChI is InChI=1S/C26H27F3N2O5S/c1-17-8-10-19(11-9-17)18(2)30-25(32)16-31(21-7-5-6-20(14-21)26(27,28)29)37(33,34)22-12-13-23(35-3)24(15-22)36-4/h5-15,18H,16H2,1-4H3,(H,30,32). The second-order valence-electron chi connectivity index (χ2n) is 8.28. The number of carbonyl (C=O) groups excluding carboxylic acids is 1. The number of rotatable bonds is 9. The second-order valence-corrected chi connectivity index (χ2v) is 10.1. The molecule has 1 unspecified atom stereocenters. The number of sulfonamides is 1. The van der Waals surface area contributed by atoms with E-state index in [1.165, 1.54) is 38.5 Å². The van der Waals surface area contributed by atoms with E-state index in [1.807, 2.05) is 31.2 Å². The number of carbonyl (C=O) groups is 1. The maximum Gasteiger partial charge on any atom is 0.416 e. The Labute approximate surface area is 213 Å². The largest absolute Gasteiger partial charge is 0.493 e. The van der Waals surface area contributed by atoms with Crippen LogP contribution in [0.15, 0.2) is 71.6 Å². The summed E-state index contributed by atoms with van der Waals surface area (Å²) in [7, 11) is -1.81. The number of nitrogens with one attached hydrogen (secondary N) is 1. The van der Waals surface area contributed by atoms with Gasteiger partial charge >= 0.3 is 6.18 Å². The molecule has 0 aliphatic heterocycles. The smallest absolute Gasteiger partial charge is 0.416 e. The number of amides is 1. The Morgan fingerprint density at radius 3 is 2.22 bits per heavy atom. The fraction of sp³-hybridized carbons (Fsp3) is 0.269. The van der Waals surface area contributed by atoms with Crippen molar-refractivity contribution in [1.29, 1.82) is 0 Å². The topological polar surface area (TPSA) is 84.9 Å². The van der Waals surface area contributed by atoms with Crippen LogP contribution in [0.1, 0.15) is 29.7 Å². The van der Waals surface area contributed by atoms with Crippen molar-refractivity contribution in [3.05, 3.63) is 83.4 Å². The second kappa shape index (κ2) is 11.1. The lowest BCUT2D eigenvalue weighted by Crippen LogP contribution is -2.41. The molecule has 0 fully saturated rings. The third kappa shape index (κ3) is 6.53. The number of hydrogen-bond acceptors (Lipinski definition) is 5. The molecule has 3 rings (SSSR count). The van der Waals surface area contributed by atoms with Crippen molar-refractivity contribution in [3.63, 3.8) is 0 Å². The number of hydrogen-bond donors (Lipinski definition) is 1. The molecule has 0 heterocycles. The van der Waals surface area contributed by atoms with Crippen molar-refractivity contribution >= 4 is 21.6 Å². The summed E-state index contributed by atoms with van der Waals surface area (Å²) in [5.41, 5.74) is 0.444. The summed E-state index contributed by atoms with van der Waals surface area (Å²) in [5, 5.41) is 2.71. The first-order valence-electron chi connectivity index (χ1n) is 11.1. The molecule has 3 aromatic rings. The van der Waals surface area contributed by atoms with Crippen molar-refractivity contribution in [2.75, 3.05) is 25.1 Å². The maximum atomic E-state index is 13.7. The molecule has 0 aromatic heterocycles. The molecule has 0 spiro atoms. The van der Waals surface area contributed by atoms with E-state index in [2.05, 4.69) is 5.32 Å². The summed E-state index contributed by atoms with van der Waals surface area (Å²) in [5.74, 6) is -0.337. The van der Waals surface area contributed by atoms with E-state index in [4.69, 9.17) is 9.47 Å². The fourth-order valence-electron chi connectivity index (χ4n) is 3.61. The average molecular weight is 537 g/mol. The molecule has 1 N–H and O–H groups in total. The van der Waals surface area contributed by atoms with Gasteiger partial charge in [0.15, 0.2) is 11.5 Å². The third-order valence-electron chi connectivity index (χ3n) is 5.65. The van der Waals surface area contributed by atoms with Crippen LogP contribution in [-0.4, -0.2) is 35.1 Å². The third-order valence-corrected chi connectivity index (χ3v) is 7.42. The molecular formula is C26H27F3N2O5S. The zero-order valence-corrected chi connectivity index (χ0v) is 21.5. The minimum absolute atomic E-state index is 0.102. The van der Waals surface area contributed by atoms with Gasteiger partial charge in [0.25, 0.3) is 10.0 Å². The van der Waals surface area contributed by atoms with E-state index < -0.39 is 40.3 Å². The van der Waals surface area contributed by atoms with E-state index in [0.29, 0.717) is 10.4 Å². The molecule has 0 bridgehead atoms. The molecule has 7 nitrogen and oxygen atoms in total. The molecule has 11 heteroatoms. The van der Waals surface area contributed by atoms with E-state index in [1.54, 1.807) is 6.92 Å². The normalized spacial score (nSPS) is 12.5. The van der Waals surface area contributed by atoms with Gasteiger partial charge in [-0.05, 0) is 49.7 Å². The van der Waals surface area contributed by atoms with Crippen LogP contribution in [0.2, 0.25) is 0 Å². The quantitative estimate of drug-likeness (QED) is 0.411. The number of benzene rings is 3.